The van der Waals surface area contributed by atoms with Crippen LogP contribution in [0.4, 0.5) is 0 Å². The number of carbonyl (C=O) groups is 6. The molecule has 15 heteroatoms. The Labute approximate surface area is 229 Å². The number of aromatic hydroxyl groups is 1. The number of hydrogen-bond acceptors (Lipinski definition) is 9. The molecule has 0 aliphatic carbocycles. The van der Waals surface area contributed by atoms with Crippen LogP contribution < -0.4 is 33.2 Å². The van der Waals surface area contributed by atoms with Gasteiger partial charge in [0.05, 0.1) is 6.04 Å². The van der Waals surface area contributed by atoms with Crippen LogP contribution in [-0.2, 0) is 35.2 Å². The molecule has 0 aliphatic heterocycles. The zero-order valence-corrected chi connectivity index (χ0v) is 22.4. The van der Waals surface area contributed by atoms with Crippen molar-refractivity contribution < 1.29 is 39.0 Å². The minimum absolute atomic E-state index is 0.00121. The minimum atomic E-state index is -1.33. The van der Waals surface area contributed by atoms with Gasteiger partial charge in [-0.25, -0.2) is 4.79 Å². The third-order valence-corrected chi connectivity index (χ3v) is 6.23. The zero-order chi connectivity index (χ0) is 29.5. The first-order valence-electron chi connectivity index (χ1n) is 12.1. The van der Waals surface area contributed by atoms with E-state index < -0.39 is 59.7 Å². The van der Waals surface area contributed by atoms with Crippen molar-refractivity contribution in [2.75, 3.05) is 12.0 Å². The van der Waals surface area contributed by atoms with Crippen LogP contribution in [-0.4, -0.2) is 81.9 Å². The van der Waals surface area contributed by atoms with Crippen molar-refractivity contribution in [3.63, 3.8) is 0 Å². The molecular formula is C24H36N6O8S. The van der Waals surface area contributed by atoms with Crippen LogP contribution in [0.15, 0.2) is 24.3 Å². The first-order chi connectivity index (χ1) is 18.3. The molecule has 0 bridgehead atoms. The van der Waals surface area contributed by atoms with E-state index in [-0.39, 0.29) is 44.3 Å². The summed E-state index contributed by atoms with van der Waals surface area (Å²) in [4.78, 5) is 72.7. The van der Waals surface area contributed by atoms with Gasteiger partial charge in [0.2, 0.25) is 29.5 Å². The molecule has 0 aliphatic rings. The average molecular weight is 569 g/mol. The maximum atomic E-state index is 13.1. The van der Waals surface area contributed by atoms with Crippen LogP contribution in [0, 0.1) is 0 Å². The minimum Gasteiger partial charge on any atom is -0.508 e. The number of rotatable bonds is 18. The van der Waals surface area contributed by atoms with Crippen molar-refractivity contribution in [3.8, 4) is 5.75 Å². The topological polar surface area (TPSA) is 257 Å². The number of carboxylic acids is 1. The number of benzene rings is 1. The monoisotopic (exact) mass is 568 g/mol. The molecule has 0 spiro atoms. The van der Waals surface area contributed by atoms with E-state index in [1.807, 2.05) is 0 Å². The van der Waals surface area contributed by atoms with Crippen molar-refractivity contribution >= 4 is 47.3 Å². The largest absolute Gasteiger partial charge is 0.508 e. The lowest BCUT2D eigenvalue weighted by Crippen LogP contribution is -2.57. The highest BCUT2D eigenvalue weighted by atomic mass is 32.2. The SMILES string of the molecule is CSCCC(NC(=O)C(CCC(N)=O)NC(=O)C(N)CCC(N)=O)C(=O)NC(Cc1ccc(O)cc1)C(=O)O. The number of phenols is 1. The molecule has 4 unspecified atom stereocenters. The molecule has 5 amide bonds. The average Bonchev–Trinajstić information content (AvgIpc) is 2.87. The zero-order valence-electron chi connectivity index (χ0n) is 21.6. The quantitative estimate of drug-likeness (QED) is 0.0974. The maximum Gasteiger partial charge on any atom is 0.326 e. The van der Waals surface area contributed by atoms with Crippen molar-refractivity contribution in [1.29, 1.82) is 0 Å². The number of nitrogens with two attached hydrogens (primary N) is 3. The van der Waals surface area contributed by atoms with E-state index in [2.05, 4.69) is 16.0 Å². The van der Waals surface area contributed by atoms with Gasteiger partial charge in [-0.05, 0) is 49.0 Å². The van der Waals surface area contributed by atoms with E-state index in [1.54, 1.807) is 6.26 Å². The molecule has 216 valence electrons. The predicted molar refractivity (Wildman–Crippen MR) is 143 cm³/mol. The number of carbonyl (C=O) groups excluding carboxylic acids is 5. The number of hydrogen-bond donors (Lipinski definition) is 8. The van der Waals surface area contributed by atoms with Crippen LogP contribution in [0.1, 0.15) is 37.7 Å². The number of nitrogens with one attached hydrogen (secondary N) is 3. The Morgan fingerprint density at radius 2 is 1.28 bits per heavy atom. The summed E-state index contributed by atoms with van der Waals surface area (Å²) < 4.78 is 0. The molecule has 4 atom stereocenters. The third-order valence-electron chi connectivity index (χ3n) is 5.59. The molecule has 1 aromatic rings. The van der Waals surface area contributed by atoms with Crippen LogP contribution in [0.5, 0.6) is 5.75 Å². The van der Waals surface area contributed by atoms with Crippen LogP contribution in [0.3, 0.4) is 0 Å². The second-order valence-electron chi connectivity index (χ2n) is 8.79. The van der Waals surface area contributed by atoms with Crippen LogP contribution >= 0.6 is 11.8 Å². The fraction of sp³-hybridized carbons (Fsp3) is 0.500. The number of phenolic OH excluding ortho intramolecular Hbond substituents is 1. The van der Waals surface area contributed by atoms with Gasteiger partial charge in [0.1, 0.15) is 23.9 Å². The smallest absolute Gasteiger partial charge is 0.326 e. The Morgan fingerprint density at radius 3 is 1.79 bits per heavy atom. The summed E-state index contributed by atoms with van der Waals surface area (Å²) >= 11 is 1.39. The van der Waals surface area contributed by atoms with Crippen LogP contribution in [0.2, 0.25) is 0 Å². The fourth-order valence-corrected chi connectivity index (χ4v) is 3.85. The van der Waals surface area contributed by atoms with Gasteiger partial charge in [0, 0.05) is 19.3 Å². The van der Waals surface area contributed by atoms with Gasteiger partial charge < -0.3 is 43.4 Å². The van der Waals surface area contributed by atoms with Crippen molar-refractivity contribution in [3.05, 3.63) is 29.8 Å². The van der Waals surface area contributed by atoms with E-state index in [0.29, 0.717) is 11.3 Å². The lowest BCUT2D eigenvalue weighted by molar-refractivity contribution is -0.142. The summed E-state index contributed by atoms with van der Waals surface area (Å²) in [5.74, 6) is -4.59. The molecule has 0 heterocycles. The molecule has 0 saturated heterocycles. The van der Waals surface area contributed by atoms with Crippen molar-refractivity contribution in [2.45, 2.75) is 62.7 Å². The first kappa shape index (κ1) is 33.2. The lowest BCUT2D eigenvalue weighted by Gasteiger charge is -2.25. The van der Waals surface area contributed by atoms with Gasteiger partial charge in [-0.1, -0.05) is 12.1 Å². The molecule has 1 aromatic carbocycles. The summed E-state index contributed by atoms with van der Waals surface area (Å²) in [5.41, 5.74) is 16.6. The number of carboxylic acid groups (broad SMARTS) is 1. The Hall–Kier alpha value is -3.85. The molecule has 14 nitrogen and oxygen atoms in total. The highest BCUT2D eigenvalue weighted by Gasteiger charge is 2.30. The Balaban J connectivity index is 3.01. The molecule has 39 heavy (non-hydrogen) atoms. The number of thioether (sulfide) groups is 1. The lowest BCUT2D eigenvalue weighted by atomic mass is 10.0. The summed E-state index contributed by atoms with van der Waals surface area (Å²) in [7, 11) is 0. The summed E-state index contributed by atoms with van der Waals surface area (Å²) in [6.45, 7) is 0. The standard InChI is InChI=1S/C24H36N6O8S/c1-39-11-10-17(23(36)30-18(24(37)38)12-13-2-4-14(31)5-3-13)29-22(35)16(7-9-20(27)33)28-21(34)15(25)6-8-19(26)32/h2-5,15-18,31H,6-12,25H2,1H3,(H2,26,32)(H2,27,33)(H,28,34)(H,29,35)(H,30,36)(H,37,38). The molecule has 0 aromatic heterocycles. The highest BCUT2D eigenvalue weighted by Crippen LogP contribution is 2.12. The van der Waals surface area contributed by atoms with E-state index in [1.165, 1.54) is 36.0 Å². The normalized spacial score (nSPS) is 13.8. The van der Waals surface area contributed by atoms with Gasteiger partial charge in [-0.2, -0.15) is 11.8 Å². The Morgan fingerprint density at radius 1 is 0.795 bits per heavy atom. The molecule has 1 rings (SSSR count). The van der Waals surface area contributed by atoms with Crippen molar-refractivity contribution in [2.24, 2.45) is 17.2 Å². The predicted octanol–water partition coefficient (Wildman–Crippen LogP) is -1.91. The number of primary amides is 2. The fourth-order valence-electron chi connectivity index (χ4n) is 3.38. The van der Waals surface area contributed by atoms with E-state index in [4.69, 9.17) is 17.2 Å². The second kappa shape index (κ2) is 16.9. The summed E-state index contributed by atoms with van der Waals surface area (Å²) in [5, 5.41) is 26.4. The molecule has 0 radical (unpaired) electrons. The second-order valence-corrected chi connectivity index (χ2v) is 9.78. The van der Waals surface area contributed by atoms with Crippen LogP contribution in [0.25, 0.3) is 0 Å². The molecular weight excluding hydrogens is 532 g/mol. The van der Waals surface area contributed by atoms with E-state index in [0.717, 1.165) is 0 Å². The number of aliphatic carboxylic acids is 1. The van der Waals surface area contributed by atoms with Gasteiger partial charge in [0.15, 0.2) is 0 Å². The first-order valence-corrected chi connectivity index (χ1v) is 13.5. The van der Waals surface area contributed by atoms with E-state index in [9.17, 15) is 39.0 Å². The number of amides is 5. The molecule has 11 N–H and O–H groups in total. The van der Waals surface area contributed by atoms with Gasteiger partial charge >= 0.3 is 5.97 Å². The Kier molecular flexibility index (Phi) is 14.4. The summed E-state index contributed by atoms with van der Waals surface area (Å²) in [6.07, 6.45) is 1.17. The van der Waals surface area contributed by atoms with Gasteiger partial charge in [0.25, 0.3) is 0 Å². The maximum absolute atomic E-state index is 13.1. The third kappa shape index (κ3) is 13.0. The Bertz CT molecular complexity index is 1020. The molecule has 0 saturated carbocycles. The molecule has 0 fully saturated rings. The van der Waals surface area contributed by atoms with Crippen molar-refractivity contribution in [1.82, 2.24) is 16.0 Å². The van der Waals surface area contributed by atoms with E-state index >= 15 is 0 Å². The highest BCUT2D eigenvalue weighted by molar-refractivity contribution is 7.98. The summed E-state index contributed by atoms with van der Waals surface area (Å²) in [6, 6.07) is 0.868. The van der Waals surface area contributed by atoms with Gasteiger partial charge in [-0.15, -0.1) is 0 Å². The van der Waals surface area contributed by atoms with Gasteiger partial charge in [-0.3, -0.25) is 24.0 Å².